The van der Waals surface area contributed by atoms with Gasteiger partial charge in [-0.2, -0.15) is 5.26 Å². The van der Waals surface area contributed by atoms with Gasteiger partial charge >= 0.3 is 0 Å². The van der Waals surface area contributed by atoms with E-state index < -0.39 is 41.4 Å². The highest BCUT2D eigenvalue weighted by Crippen LogP contribution is 2.24. The number of nitriles is 1. The fourth-order valence-electron chi connectivity index (χ4n) is 3.13. The number of aromatic amines is 1. The highest BCUT2D eigenvalue weighted by Gasteiger charge is 2.21. The maximum Gasteiger partial charge on any atom is 0.253 e. The quantitative estimate of drug-likeness (QED) is 0.696. The molecule has 29 heavy (non-hydrogen) atoms. The number of carbonyl (C=O) groups is 1. The minimum absolute atomic E-state index is 0. The number of hydrogen-bond donors (Lipinski definition) is 2. The summed E-state index contributed by atoms with van der Waals surface area (Å²) in [6.07, 6.45) is 0.331. The molecule has 0 unspecified atom stereocenters. The Labute approximate surface area is 166 Å². The first-order chi connectivity index (χ1) is 13.7. The number of hydrogen-bond acceptors (Lipinski definition) is 4. The van der Waals surface area contributed by atoms with Crippen LogP contribution in [-0.4, -0.2) is 15.9 Å². The Morgan fingerprint density at radius 2 is 2.07 bits per heavy atom. The van der Waals surface area contributed by atoms with E-state index in [2.05, 4.69) is 15.3 Å². The number of nitrogens with zero attached hydrogens (tertiary/aromatic N) is 2. The lowest BCUT2D eigenvalue weighted by atomic mass is 9.98. The van der Waals surface area contributed by atoms with E-state index in [4.69, 9.17) is 0 Å². The van der Waals surface area contributed by atoms with Crippen molar-refractivity contribution in [3.05, 3.63) is 74.6 Å². The normalized spacial score (nSPS) is 11.9. The van der Waals surface area contributed by atoms with Crippen LogP contribution in [0, 0.1) is 35.7 Å². The maximum absolute atomic E-state index is 13.9. The Kier molecular flexibility index (Phi) is 5.37. The van der Waals surface area contributed by atoms with Gasteiger partial charge in [0.05, 0.1) is 35.4 Å². The molecule has 0 radical (unpaired) electrons. The van der Waals surface area contributed by atoms with Gasteiger partial charge in [-0.25, -0.2) is 13.2 Å². The second-order valence-corrected chi connectivity index (χ2v) is 6.50. The largest absolute Gasteiger partial charge is 0.348 e. The molecule has 2 heterocycles. The molecule has 0 aliphatic carbocycles. The molecule has 0 aliphatic heterocycles. The van der Waals surface area contributed by atoms with Crippen LogP contribution in [0.5, 0.6) is 0 Å². The summed E-state index contributed by atoms with van der Waals surface area (Å²) in [5, 5.41) is 12.2. The zero-order valence-corrected chi connectivity index (χ0v) is 15.4. The van der Waals surface area contributed by atoms with Crippen molar-refractivity contribution in [2.45, 2.75) is 26.3 Å². The van der Waals surface area contributed by atoms with Crippen LogP contribution in [0.3, 0.4) is 0 Å². The van der Waals surface area contributed by atoms with E-state index in [-0.39, 0.29) is 36.1 Å². The lowest BCUT2D eigenvalue weighted by Gasteiger charge is -2.15. The summed E-state index contributed by atoms with van der Waals surface area (Å²) in [6.45, 7) is 2.91. The number of aromatic nitrogens is 2. The second kappa shape index (κ2) is 7.75. The van der Waals surface area contributed by atoms with E-state index >= 15 is 0 Å². The molecule has 0 bridgehead atoms. The summed E-state index contributed by atoms with van der Waals surface area (Å²) in [5.41, 5.74) is -0.622. The van der Waals surface area contributed by atoms with Crippen LogP contribution < -0.4 is 10.9 Å². The van der Waals surface area contributed by atoms with Crippen molar-refractivity contribution in [2.75, 3.05) is 0 Å². The molecule has 1 amide bonds. The van der Waals surface area contributed by atoms with Gasteiger partial charge in [-0.1, -0.05) is 0 Å². The summed E-state index contributed by atoms with van der Waals surface area (Å²) in [4.78, 5) is 31.0. The van der Waals surface area contributed by atoms with E-state index in [9.17, 15) is 28.0 Å². The first-order valence-electron chi connectivity index (χ1n) is 8.57. The van der Waals surface area contributed by atoms with Gasteiger partial charge in [-0.05, 0) is 31.5 Å². The number of aryl methyl sites for hydroxylation is 1. The highest BCUT2D eigenvalue weighted by molar-refractivity contribution is 5.90. The highest BCUT2D eigenvalue weighted by atomic mass is 19.1. The van der Waals surface area contributed by atoms with Gasteiger partial charge in [-0.3, -0.25) is 14.6 Å². The Balaban J connectivity index is 0.00000240. The fourth-order valence-corrected chi connectivity index (χ4v) is 3.13. The van der Waals surface area contributed by atoms with Crippen LogP contribution in [0.15, 0.2) is 29.2 Å². The van der Waals surface area contributed by atoms with E-state index in [1.54, 1.807) is 0 Å². The van der Waals surface area contributed by atoms with Crippen molar-refractivity contribution < 1.29 is 20.8 Å². The second-order valence-electron chi connectivity index (χ2n) is 6.50. The molecular weight excluding hydrogens is 385 g/mol. The molecule has 0 saturated carbocycles. The fraction of sp³-hybridized carbons (Fsp3) is 0.200. The van der Waals surface area contributed by atoms with Crippen LogP contribution in [0.1, 0.15) is 38.2 Å². The van der Waals surface area contributed by atoms with Crippen LogP contribution in [0.4, 0.5) is 13.2 Å². The summed E-state index contributed by atoms with van der Waals surface area (Å²) in [7, 11) is 0. The molecule has 3 aromatic rings. The standard InChI is InChI=1S/C20H15F3N4O2.2H2/c1-9-14(22)3-4-16-18(9)13(7-24)12(20(29)27-16)6-17(28)26-10(2)19-15(23)5-11(21)8-25-19;;/h3-5,8,10H,6H2,1-2H3,(H,26,28)(H,27,29);2*1H/t10-;;/m1../s1. The molecule has 6 nitrogen and oxygen atoms in total. The predicted molar refractivity (Wildman–Crippen MR) is 103 cm³/mol. The minimum Gasteiger partial charge on any atom is -0.348 e. The lowest BCUT2D eigenvalue weighted by Crippen LogP contribution is -2.31. The molecule has 2 aromatic heterocycles. The van der Waals surface area contributed by atoms with Crippen molar-refractivity contribution in [1.29, 1.82) is 5.26 Å². The first-order valence-corrected chi connectivity index (χ1v) is 8.57. The van der Waals surface area contributed by atoms with Gasteiger partial charge in [-0.15, -0.1) is 0 Å². The first kappa shape index (κ1) is 20.1. The zero-order chi connectivity index (χ0) is 21.3. The van der Waals surface area contributed by atoms with Crippen molar-refractivity contribution >= 4 is 16.8 Å². The molecule has 0 aliphatic rings. The summed E-state index contributed by atoms with van der Waals surface area (Å²) in [6, 6.07) is 4.12. The monoisotopic (exact) mass is 404 g/mol. The number of fused-ring (bicyclic) bond motifs is 1. The third-order valence-electron chi connectivity index (χ3n) is 4.55. The van der Waals surface area contributed by atoms with Crippen molar-refractivity contribution in [2.24, 2.45) is 0 Å². The van der Waals surface area contributed by atoms with Gasteiger partial charge < -0.3 is 10.3 Å². The number of nitrogens with one attached hydrogen (secondary N) is 2. The van der Waals surface area contributed by atoms with Crippen molar-refractivity contribution in [3.8, 4) is 6.07 Å². The van der Waals surface area contributed by atoms with Crippen LogP contribution in [0.25, 0.3) is 10.9 Å². The molecule has 0 fully saturated rings. The summed E-state index contributed by atoms with van der Waals surface area (Å²) < 4.78 is 40.8. The molecule has 152 valence electrons. The number of H-pyrrole nitrogens is 1. The van der Waals surface area contributed by atoms with Gasteiger partial charge in [0, 0.05) is 19.9 Å². The molecule has 3 rings (SSSR count). The van der Waals surface area contributed by atoms with Crippen LogP contribution in [0.2, 0.25) is 0 Å². The Morgan fingerprint density at radius 1 is 1.34 bits per heavy atom. The van der Waals surface area contributed by atoms with E-state index in [1.165, 1.54) is 26.0 Å². The molecule has 9 heteroatoms. The Bertz CT molecular complexity index is 1240. The SMILES string of the molecule is Cc1c(F)ccc2[nH]c(=O)c(CC(=O)N[C@H](C)c3ncc(F)cc3F)c(C#N)c12.[HH].[HH]. The number of pyridine rings is 2. The smallest absolute Gasteiger partial charge is 0.253 e. The molecular formula is C20H19F3N4O2. The van der Waals surface area contributed by atoms with Crippen LogP contribution >= 0.6 is 0 Å². The van der Waals surface area contributed by atoms with Gasteiger partial charge in [0.25, 0.3) is 5.56 Å². The zero-order valence-electron chi connectivity index (χ0n) is 15.4. The molecule has 1 atom stereocenters. The van der Waals surface area contributed by atoms with Crippen molar-refractivity contribution in [3.63, 3.8) is 0 Å². The summed E-state index contributed by atoms with van der Waals surface area (Å²) >= 11 is 0. The topological polar surface area (TPSA) is 98.6 Å². The van der Waals surface area contributed by atoms with E-state index in [1.807, 2.05) is 6.07 Å². The Morgan fingerprint density at radius 3 is 2.72 bits per heavy atom. The summed E-state index contributed by atoms with van der Waals surface area (Å²) in [5.74, 6) is -3.01. The van der Waals surface area contributed by atoms with Gasteiger partial charge in [0.1, 0.15) is 23.5 Å². The number of benzene rings is 1. The number of rotatable bonds is 4. The number of halogens is 3. The van der Waals surface area contributed by atoms with Gasteiger partial charge in [0.15, 0.2) is 0 Å². The molecule has 0 spiro atoms. The van der Waals surface area contributed by atoms with Gasteiger partial charge in [0.2, 0.25) is 5.91 Å². The molecule has 1 aromatic carbocycles. The maximum atomic E-state index is 13.9. The average Bonchev–Trinajstić information content (AvgIpc) is 2.65. The molecule has 0 saturated heterocycles. The number of carbonyl (C=O) groups excluding carboxylic acids is 1. The minimum atomic E-state index is -0.926. The van der Waals surface area contributed by atoms with Crippen LogP contribution in [-0.2, 0) is 11.2 Å². The molecule has 2 N–H and O–H groups in total. The van der Waals surface area contributed by atoms with E-state index in [0.717, 1.165) is 6.20 Å². The predicted octanol–water partition coefficient (Wildman–Crippen LogP) is 3.43. The van der Waals surface area contributed by atoms with Crippen molar-refractivity contribution in [1.82, 2.24) is 15.3 Å². The lowest BCUT2D eigenvalue weighted by molar-refractivity contribution is -0.121. The van der Waals surface area contributed by atoms with E-state index in [0.29, 0.717) is 6.07 Å². The average molecular weight is 404 g/mol. The third kappa shape index (κ3) is 3.82. The number of amides is 1. The third-order valence-corrected chi connectivity index (χ3v) is 4.55. The Hall–Kier alpha value is -3.67.